The fourth-order valence-electron chi connectivity index (χ4n) is 4.04. The van der Waals surface area contributed by atoms with Gasteiger partial charge in [-0.2, -0.15) is 0 Å². The molecule has 4 nitrogen and oxygen atoms in total. The summed E-state index contributed by atoms with van der Waals surface area (Å²) in [5, 5.41) is 23.1. The van der Waals surface area contributed by atoms with Crippen LogP contribution < -0.4 is 5.32 Å². The first-order chi connectivity index (χ1) is 10.2. The summed E-state index contributed by atoms with van der Waals surface area (Å²) in [5.41, 5.74) is 0. The molecule has 4 heteroatoms. The lowest BCUT2D eigenvalue weighted by molar-refractivity contribution is 0.0291. The van der Waals surface area contributed by atoms with Gasteiger partial charge in [-0.25, -0.2) is 0 Å². The van der Waals surface area contributed by atoms with Crippen molar-refractivity contribution in [3.63, 3.8) is 0 Å². The Hall–Kier alpha value is -0.160. The van der Waals surface area contributed by atoms with Gasteiger partial charge in [0.25, 0.3) is 0 Å². The van der Waals surface area contributed by atoms with Crippen LogP contribution in [0.15, 0.2) is 0 Å². The Morgan fingerprint density at radius 2 is 1.95 bits per heavy atom. The zero-order chi connectivity index (χ0) is 15.1. The molecule has 2 rings (SSSR count). The number of piperidine rings is 1. The first-order valence-electron chi connectivity index (χ1n) is 8.97. The first-order valence-corrected chi connectivity index (χ1v) is 8.97. The van der Waals surface area contributed by atoms with Crippen LogP contribution in [0.25, 0.3) is 0 Å². The highest BCUT2D eigenvalue weighted by Gasteiger charge is 2.30. The predicted molar refractivity (Wildman–Crippen MR) is 86.3 cm³/mol. The molecule has 0 aromatic carbocycles. The monoisotopic (exact) mass is 298 g/mol. The van der Waals surface area contributed by atoms with Crippen LogP contribution in [-0.4, -0.2) is 60.0 Å². The van der Waals surface area contributed by atoms with Gasteiger partial charge in [0.05, 0.1) is 12.7 Å². The topological polar surface area (TPSA) is 55.7 Å². The Bertz CT molecular complexity index is 282. The van der Waals surface area contributed by atoms with Crippen LogP contribution in [0.4, 0.5) is 0 Å². The summed E-state index contributed by atoms with van der Waals surface area (Å²) >= 11 is 0. The lowest BCUT2D eigenvalue weighted by Gasteiger charge is -2.40. The van der Waals surface area contributed by atoms with Crippen molar-refractivity contribution in [2.75, 3.05) is 32.8 Å². The van der Waals surface area contributed by atoms with E-state index < -0.39 is 0 Å². The molecule has 0 aromatic rings. The quantitative estimate of drug-likeness (QED) is 0.668. The molecule has 1 heterocycles. The second-order valence-corrected chi connectivity index (χ2v) is 7.06. The van der Waals surface area contributed by atoms with E-state index in [0.29, 0.717) is 12.0 Å². The molecule has 0 radical (unpaired) electrons. The number of hydrogen-bond donors (Lipinski definition) is 3. The zero-order valence-corrected chi connectivity index (χ0v) is 13.6. The van der Waals surface area contributed by atoms with Gasteiger partial charge in [-0.15, -0.1) is 0 Å². The van der Waals surface area contributed by atoms with Gasteiger partial charge < -0.3 is 15.5 Å². The molecule has 3 unspecified atom stereocenters. The number of hydrogen-bond acceptors (Lipinski definition) is 4. The Morgan fingerprint density at radius 1 is 1.19 bits per heavy atom. The van der Waals surface area contributed by atoms with Crippen molar-refractivity contribution < 1.29 is 10.2 Å². The number of aliphatic hydroxyl groups excluding tert-OH is 2. The predicted octanol–water partition coefficient (Wildman–Crippen LogP) is 1.61. The van der Waals surface area contributed by atoms with Crippen LogP contribution in [-0.2, 0) is 0 Å². The maximum atomic E-state index is 10.2. The Balaban J connectivity index is 1.81. The van der Waals surface area contributed by atoms with Gasteiger partial charge in [-0.1, -0.05) is 26.2 Å². The highest BCUT2D eigenvalue weighted by Crippen LogP contribution is 2.25. The molecule has 0 amide bonds. The van der Waals surface area contributed by atoms with E-state index in [-0.39, 0.29) is 12.7 Å². The van der Waals surface area contributed by atoms with Crippen molar-refractivity contribution in [2.24, 2.45) is 11.8 Å². The summed E-state index contributed by atoms with van der Waals surface area (Å²) in [6.45, 7) is 6.07. The average molecular weight is 298 g/mol. The van der Waals surface area contributed by atoms with Crippen LogP contribution in [0, 0.1) is 11.8 Å². The van der Waals surface area contributed by atoms with Gasteiger partial charge in [0.1, 0.15) is 0 Å². The number of nitrogens with one attached hydrogen (secondary N) is 1. The van der Waals surface area contributed by atoms with Crippen molar-refractivity contribution in [3.05, 3.63) is 0 Å². The van der Waals surface area contributed by atoms with Gasteiger partial charge in [0, 0.05) is 25.7 Å². The molecular formula is C17H34N2O2. The highest BCUT2D eigenvalue weighted by molar-refractivity contribution is 4.87. The fraction of sp³-hybridized carbons (Fsp3) is 1.00. The molecule has 1 aliphatic heterocycles. The minimum Gasteiger partial charge on any atom is -0.395 e. The number of rotatable bonds is 7. The van der Waals surface area contributed by atoms with Gasteiger partial charge in [-0.3, -0.25) is 4.90 Å². The molecule has 1 aliphatic carbocycles. The van der Waals surface area contributed by atoms with Crippen molar-refractivity contribution in [3.8, 4) is 0 Å². The van der Waals surface area contributed by atoms with Crippen LogP contribution in [0.3, 0.4) is 0 Å². The molecular weight excluding hydrogens is 264 g/mol. The second kappa shape index (κ2) is 9.09. The van der Waals surface area contributed by atoms with E-state index in [1.807, 2.05) is 0 Å². The molecule has 2 aliphatic rings. The number of nitrogens with zero attached hydrogens (tertiary/aromatic N) is 1. The summed E-state index contributed by atoms with van der Waals surface area (Å²) in [6.07, 6.45) is 8.65. The fourth-order valence-corrected chi connectivity index (χ4v) is 4.04. The Morgan fingerprint density at radius 3 is 2.62 bits per heavy atom. The van der Waals surface area contributed by atoms with Gasteiger partial charge in [0.15, 0.2) is 0 Å². The molecule has 124 valence electrons. The normalized spacial score (nSPS) is 30.4. The smallest absolute Gasteiger partial charge is 0.0578 e. The summed E-state index contributed by atoms with van der Waals surface area (Å²) in [6, 6.07) is 0.471. The van der Waals surface area contributed by atoms with Crippen molar-refractivity contribution in [1.29, 1.82) is 0 Å². The summed E-state index contributed by atoms with van der Waals surface area (Å²) in [5.74, 6) is 1.20. The van der Waals surface area contributed by atoms with Crippen molar-refractivity contribution in [1.82, 2.24) is 10.2 Å². The zero-order valence-electron chi connectivity index (χ0n) is 13.6. The van der Waals surface area contributed by atoms with Crippen LogP contribution in [0.5, 0.6) is 0 Å². The SMILES string of the molecule is CCC(O)C1CC(NCC2CCCCC2)CN(CCO)C1. The number of β-amino-alcohol motifs (C(OH)–C–C–N with tert-alkyl or cyclic N) is 1. The summed E-state index contributed by atoms with van der Waals surface area (Å²) < 4.78 is 0. The molecule has 1 saturated heterocycles. The highest BCUT2D eigenvalue weighted by atomic mass is 16.3. The van der Waals surface area contributed by atoms with E-state index >= 15 is 0 Å². The molecule has 3 N–H and O–H groups in total. The average Bonchev–Trinajstić information content (AvgIpc) is 2.53. The van der Waals surface area contributed by atoms with E-state index in [2.05, 4.69) is 17.1 Å². The van der Waals surface area contributed by atoms with E-state index in [1.54, 1.807) is 0 Å². The van der Waals surface area contributed by atoms with Crippen LogP contribution in [0.1, 0.15) is 51.9 Å². The Labute approximate surface area is 129 Å². The maximum absolute atomic E-state index is 10.2. The molecule has 2 fully saturated rings. The molecule has 21 heavy (non-hydrogen) atoms. The first kappa shape index (κ1) is 17.2. The number of aliphatic hydroxyl groups is 2. The van der Waals surface area contributed by atoms with E-state index in [0.717, 1.165) is 44.9 Å². The standard InChI is InChI=1S/C17H34N2O2/c1-2-17(21)15-10-16(13-19(12-15)8-9-20)18-11-14-6-4-3-5-7-14/h14-18,20-21H,2-13H2,1H3. The molecule has 0 spiro atoms. The molecule has 1 saturated carbocycles. The number of likely N-dealkylation sites (tertiary alicyclic amines) is 1. The third kappa shape index (κ3) is 5.51. The maximum Gasteiger partial charge on any atom is 0.0578 e. The van der Waals surface area contributed by atoms with Crippen LogP contribution >= 0.6 is 0 Å². The lowest BCUT2D eigenvalue weighted by atomic mass is 9.86. The Kier molecular flexibility index (Phi) is 7.44. The van der Waals surface area contributed by atoms with Crippen molar-refractivity contribution in [2.45, 2.75) is 64.0 Å². The van der Waals surface area contributed by atoms with E-state index in [4.69, 9.17) is 0 Å². The third-order valence-corrected chi connectivity index (χ3v) is 5.36. The van der Waals surface area contributed by atoms with Gasteiger partial charge >= 0.3 is 0 Å². The molecule has 0 aromatic heterocycles. The van der Waals surface area contributed by atoms with Gasteiger partial charge in [0.2, 0.25) is 0 Å². The van der Waals surface area contributed by atoms with Crippen molar-refractivity contribution >= 4 is 0 Å². The summed E-state index contributed by atoms with van der Waals surface area (Å²) in [7, 11) is 0. The second-order valence-electron chi connectivity index (χ2n) is 7.06. The lowest BCUT2D eigenvalue weighted by Crippen LogP contribution is -2.53. The minimum absolute atomic E-state index is 0.203. The third-order valence-electron chi connectivity index (χ3n) is 5.36. The van der Waals surface area contributed by atoms with E-state index in [9.17, 15) is 10.2 Å². The van der Waals surface area contributed by atoms with Crippen LogP contribution in [0.2, 0.25) is 0 Å². The minimum atomic E-state index is -0.203. The molecule has 3 atom stereocenters. The largest absolute Gasteiger partial charge is 0.395 e. The summed E-state index contributed by atoms with van der Waals surface area (Å²) in [4.78, 5) is 2.31. The van der Waals surface area contributed by atoms with E-state index in [1.165, 1.54) is 32.1 Å². The molecule has 0 bridgehead atoms. The van der Waals surface area contributed by atoms with Gasteiger partial charge in [-0.05, 0) is 44.1 Å².